The van der Waals surface area contributed by atoms with Crippen molar-refractivity contribution in [2.45, 2.75) is 11.8 Å². The zero-order valence-corrected chi connectivity index (χ0v) is 11.2. The SMILES string of the molecule is ClC(Cc1cccs1)c1sccc1Br. The monoisotopic (exact) mass is 306 g/mol. The van der Waals surface area contributed by atoms with Crippen molar-refractivity contribution in [1.82, 2.24) is 0 Å². The lowest BCUT2D eigenvalue weighted by Crippen LogP contribution is -1.91. The summed E-state index contributed by atoms with van der Waals surface area (Å²) in [6, 6.07) is 6.23. The van der Waals surface area contributed by atoms with Crippen LogP contribution in [0.2, 0.25) is 0 Å². The Morgan fingerprint density at radius 2 is 2.14 bits per heavy atom. The lowest BCUT2D eigenvalue weighted by Gasteiger charge is -2.05. The van der Waals surface area contributed by atoms with Crippen LogP contribution in [0.4, 0.5) is 0 Å². The molecule has 0 aromatic carbocycles. The molecule has 0 bridgehead atoms. The Balaban J connectivity index is 2.10. The highest BCUT2D eigenvalue weighted by Gasteiger charge is 2.13. The van der Waals surface area contributed by atoms with Gasteiger partial charge < -0.3 is 0 Å². The van der Waals surface area contributed by atoms with Gasteiger partial charge in [-0.25, -0.2) is 0 Å². The van der Waals surface area contributed by atoms with E-state index < -0.39 is 0 Å². The van der Waals surface area contributed by atoms with Crippen molar-refractivity contribution in [3.05, 3.63) is 43.2 Å². The van der Waals surface area contributed by atoms with Gasteiger partial charge in [0.25, 0.3) is 0 Å². The maximum atomic E-state index is 6.33. The molecule has 0 amide bonds. The Hall–Kier alpha value is 0.170. The maximum Gasteiger partial charge on any atom is 0.0737 e. The second-order valence-corrected chi connectivity index (χ2v) is 6.24. The van der Waals surface area contributed by atoms with E-state index in [1.54, 1.807) is 22.7 Å². The normalized spacial score (nSPS) is 13.0. The van der Waals surface area contributed by atoms with Crippen LogP contribution in [0.5, 0.6) is 0 Å². The summed E-state index contributed by atoms with van der Waals surface area (Å²) in [5, 5.41) is 4.23. The second-order valence-electron chi connectivity index (χ2n) is 2.88. The largest absolute Gasteiger partial charge is 0.149 e. The van der Waals surface area contributed by atoms with Crippen LogP contribution >= 0.6 is 50.2 Å². The van der Waals surface area contributed by atoms with E-state index in [1.165, 1.54) is 9.75 Å². The van der Waals surface area contributed by atoms with Crippen molar-refractivity contribution in [3.8, 4) is 0 Å². The van der Waals surface area contributed by atoms with Crippen LogP contribution in [0.25, 0.3) is 0 Å². The van der Waals surface area contributed by atoms with Gasteiger partial charge in [-0.2, -0.15) is 0 Å². The van der Waals surface area contributed by atoms with Crippen LogP contribution in [0.1, 0.15) is 15.1 Å². The van der Waals surface area contributed by atoms with Gasteiger partial charge in [0.15, 0.2) is 0 Å². The molecule has 1 unspecified atom stereocenters. The summed E-state index contributed by atoms with van der Waals surface area (Å²) in [5.41, 5.74) is 0. The molecule has 2 rings (SSSR count). The molecule has 74 valence electrons. The minimum absolute atomic E-state index is 0.0861. The van der Waals surface area contributed by atoms with Gasteiger partial charge in [0.05, 0.1) is 5.38 Å². The molecule has 1 atom stereocenters. The summed E-state index contributed by atoms with van der Waals surface area (Å²) in [7, 11) is 0. The van der Waals surface area contributed by atoms with Crippen molar-refractivity contribution in [2.24, 2.45) is 0 Å². The van der Waals surface area contributed by atoms with Gasteiger partial charge in [-0.1, -0.05) is 6.07 Å². The Labute approximate surface area is 105 Å². The third-order valence-corrected chi connectivity index (χ3v) is 5.27. The number of halogens is 2. The standard InChI is InChI=1S/C10H8BrClS2/c11-8-3-5-14-10(8)9(12)6-7-2-1-4-13-7/h1-5,9H,6H2. The van der Waals surface area contributed by atoms with Crippen LogP contribution in [0.15, 0.2) is 33.4 Å². The van der Waals surface area contributed by atoms with Gasteiger partial charge >= 0.3 is 0 Å². The average Bonchev–Trinajstić information content (AvgIpc) is 2.75. The van der Waals surface area contributed by atoms with E-state index in [0.29, 0.717) is 0 Å². The summed E-state index contributed by atoms with van der Waals surface area (Å²) in [5.74, 6) is 0. The van der Waals surface area contributed by atoms with E-state index >= 15 is 0 Å². The van der Waals surface area contributed by atoms with E-state index in [1.807, 2.05) is 6.07 Å². The quantitative estimate of drug-likeness (QED) is 0.692. The molecule has 4 heteroatoms. The molecule has 2 aromatic rings. The number of thiophene rings is 2. The van der Waals surface area contributed by atoms with Crippen molar-refractivity contribution in [3.63, 3.8) is 0 Å². The maximum absolute atomic E-state index is 6.33. The fourth-order valence-corrected chi connectivity index (χ4v) is 4.27. The van der Waals surface area contributed by atoms with Crippen LogP contribution in [-0.4, -0.2) is 0 Å². The Morgan fingerprint density at radius 3 is 2.71 bits per heavy atom. The third kappa shape index (κ3) is 2.40. The molecule has 0 N–H and O–H groups in total. The smallest absolute Gasteiger partial charge is 0.0737 e. The lowest BCUT2D eigenvalue weighted by atomic mass is 10.2. The molecule has 0 aliphatic carbocycles. The van der Waals surface area contributed by atoms with Crippen LogP contribution in [0, 0.1) is 0 Å². The summed E-state index contributed by atoms with van der Waals surface area (Å²) >= 11 is 13.3. The first kappa shape index (κ1) is 10.7. The molecular weight excluding hydrogens is 300 g/mol. The minimum atomic E-state index is 0.0861. The second kappa shape index (κ2) is 4.79. The molecule has 0 aliphatic rings. The average molecular weight is 308 g/mol. The fourth-order valence-electron chi connectivity index (χ4n) is 1.23. The van der Waals surface area contributed by atoms with Gasteiger partial charge in [0.2, 0.25) is 0 Å². The predicted molar refractivity (Wildman–Crippen MR) is 68.6 cm³/mol. The summed E-state index contributed by atoms with van der Waals surface area (Å²) in [6.07, 6.45) is 0.915. The Kier molecular flexibility index (Phi) is 3.66. The predicted octanol–water partition coefficient (Wildman–Crippen LogP) is 5.09. The van der Waals surface area contributed by atoms with Crippen LogP contribution < -0.4 is 0 Å². The number of rotatable bonds is 3. The van der Waals surface area contributed by atoms with Crippen LogP contribution in [0.3, 0.4) is 0 Å². The molecule has 2 aromatic heterocycles. The Morgan fingerprint density at radius 1 is 1.29 bits per heavy atom. The zero-order chi connectivity index (χ0) is 9.97. The van der Waals surface area contributed by atoms with E-state index in [4.69, 9.17) is 11.6 Å². The van der Waals surface area contributed by atoms with E-state index in [0.717, 1.165) is 10.9 Å². The highest BCUT2D eigenvalue weighted by Crippen LogP contribution is 2.35. The minimum Gasteiger partial charge on any atom is -0.149 e. The Bertz CT molecular complexity index is 394. The molecule has 0 spiro atoms. The molecule has 0 aliphatic heterocycles. The van der Waals surface area contributed by atoms with Crippen molar-refractivity contribution >= 4 is 50.2 Å². The lowest BCUT2D eigenvalue weighted by molar-refractivity contribution is 0.955. The molecule has 0 fully saturated rings. The molecule has 0 saturated carbocycles. The van der Waals surface area contributed by atoms with Crippen LogP contribution in [-0.2, 0) is 6.42 Å². The molecule has 0 saturated heterocycles. The highest BCUT2D eigenvalue weighted by atomic mass is 79.9. The fraction of sp³-hybridized carbons (Fsp3) is 0.200. The first-order valence-electron chi connectivity index (χ1n) is 4.16. The van der Waals surface area contributed by atoms with E-state index in [2.05, 4.69) is 38.8 Å². The summed E-state index contributed by atoms with van der Waals surface area (Å²) in [4.78, 5) is 2.56. The summed E-state index contributed by atoms with van der Waals surface area (Å²) in [6.45, 7) is 0. The number of hydrogen-bond acceptors (Lipinski definition) is 2. The van der Waals surface area contributed by atoms with Gasteiger partial charge in [0, 0.05) is 20.6 Å². The molecule has 2 heterocycles. The first-order chi connectivity index (χ1) is 6.77. The number of hydrogen-bond donors (Lipinski definition) is 0. The summed E-state index contributed by atoms with van der Waals surface area (Å²) < 4.78 is 1.12. The highest BCUT2D eigenvalue weighted by molar-refractivity contribution is 9.10. The zero-order valence-electron chi connectivity index (χ0n) is 7.24. The molecule has 0 radical (unpaired) electrons. The third-order valence-electron chi connectivity index (χ3n) is 1.89. The van der Waals surface area contributed by atoms with Crippen molar-refractivity contribution < 1.29 is 0 Å². The van der Waals surface area contributed by atoms with Gasteiger partial charge in [-0.15, -0.1) is 34.3 Å². The molecule has 0 nitrogen and oxygen atoms in total. The van der Waals surface area contributed by atoms with Gasteiger partial charge in [-0.3, -0.25) is 0 Å². The molecular formula is C10H8BrClS2. The van der Waals surface area contributed by atoms with Gasteiger partial charge in [0.1, 0.15) is 0 Å². The number of alkyl halides is 1. The molecule has 14 heavy (non-hydrogen) atoms. The van der Waals surface area contributed by atoms with E-state index in [-0.39, 0.29) is 5.38 Å². The van der Waals surface area contributed by atoms with Crippen molar-refractivity contribution in [2.75, 3.05) is 0 Å². The first-order valence-corrected chi connectivity index (χ1v) is 7.15. The topological polar surface area (TPSA) is 0 Å². The van der Waals surface area contributed by atoms with Crippen molar-refractivity contribution in [1.29, 1.82) is 0 Å². The van der Waals surface area contributed by atoms with Gasteiger partial charge in [-0.05, 0) is 38.8 Å². The van der Waals surface area contributed by atoms with E-state index in [9.17, 15) is 0 Å².